The van der Waals surface area contributed by atoms with Gasteiger partial charge in [-0.05, 0) is 35.8 Å². The predicted molar refractivity (Wildman–Crippen MR) is 84.4 cm³/mol. The van der Waals surface area contributed by atoms with Crippen molar-refractivity contribution >= 4 is 31.0 Å². The van der Waals surface area contributed by atoms with Crippen LogP contribution in [0.15, 0.2) is 60.7 Å². The van der Waals surface area contributed by atoms with Crippen molar-refractivity contribution in [3.05, 3.63) is 71.8 Å². The fourth-order valence-corrected chi connectivity index (χ4v) is 6.60. The minimum Gasteiger partial charge on any atom is -0.311 e. The maximum atomic E-state index is 12.8. The minimum atomic E-state index is -2.31. The van der Waals surface area contributed by atoms with Gasteiger partial charge >= 0.3 is 0 Å². The van der Waals surface area contributed by atoms with Crippen LogP contribution < -0.4 is 0 Å². The molecule has 1 nitrogen and oxygen atoms in total. The van der Waals surface area contributed by atoms with Gasteiger partial charge in [-0.2, -0.15) is 0 Å². The summed E-state index contributed by atoms with van der Waals surface area (Å²) in [5.41, 5.74) is 2.26. The summed E-state index contributed by atoms with van der Waals surface area (Å²) < 4.78 is 12.8. The monoisotopic (exact) mass is 340 g/mol. The quantitative estimate of drug-likeness (QED) is 0.648. The van der Waals surface area contributed by atoms with E-state index in [0.29, 0.717) is 12.3 Å². The maximum Gasteiger partial charge on any atom is 0.158 e. The third-order valence-corrected chi connectivity index (χ3v) is 10.9. The number of halogens is 1. The van der Waals surface area contributed by atoms with E-state index in [1.54, 1.807) is 0 Å². The molecule has 0 heterocycles. The molecule has 0 atom stereocenters. The van der Waals surface area contributed by atoms with Crippen LogP contribution in [0.5, 0.6) is 0 Å². The van der Waals surface area contributed by atoms with Crippen molar-refractivity contribution in [3.63, 3.8) is 0 Å². The first-order valence-electron chi connectivity index (χ1n) is 5.68. The molecule has 94 valence electrons. The number of rotatable bonds is 5. The molecule has 0 N–H and O–H groups in total. The number of benzene rings is 2. The molecule has 0 aromatic heterocycles. The highest BCUT2D eigenvalue weighted by atomic mass is 79.9. The second kappa shape index (κ2) is 6.60. The van der Waals surface area contributed by atoms with Gasteiger partial charge in [0.2, 0.25) is 0 Å². The van der Waals surface area contributed by atoms with E-state index in [1.165, 1.54) is 9.82 Å². The van der Waals surface area contributed by atoms with E-state index in [2.05, 4.69) is 14.8 Å². The van der Waals surface area contributed by atoms with E-state index in [-0.39, 0.29) is 0 Å². The molecule has 18 heavy (non-hydrogen) atoms. The molecule has 2 rings (SSSR count). The summed E-state index contributed by atoms with van der Waals surface area (Å²) in [5, 5.41) is 0. The highest BCUT2D eigenvalue weighted by Gasteiger charge is 2.23. The first kappa shape index (κ1) is 13.9. The van der Waals surface area contributed by atoms with Crippen LogP contribution in [0.2, 0.25) is 0 Å². The molecule has 0 aliphatic rings. The summed E-state index contributed by atoms with van der Waals surface area (Å²) in [7, 11) is 1.33. The standard InChI is InChI=1S/C14H14BrOPS/c15-18-17(16,11-13-7-3-1-4-8-13)12-14-9-5-2-6-10-14/h1-10H,11-12H2. The predicted octanol–water partition coefficient (Wildman–Crippen LogP) is 5.71. The first-order chi connectivity index (χ1) is 8.72. The molecule has 0 unspecified atom stereocenters. The van der Waals surface area contributed by atoms with Crippen molar-refractivity contribution in [2.45, 2.75) is 12.3 Å². The molecule has 2 aromatic carbocycles. The zero-order valence-corrected chi connectivity index (χ0v) is 13.1. The van der Waals surface area contributed by atoms with Crippen molar-refractivity contribution < 1.29 is 4.57 Å². The zero-order chi connectivity index (χ0) is 12.8. The lowest BCUT2D eigenvalue weighted by atomic mass is 10.2. The molecule has 0 aliphatic heterocycles. The van der Waals surface area contributed by atoms with Crippen molar-refractivity contribution in [3.8, 4) is 0 Å². The minimum absolute atomic E-state index is 0.624. The van der Waals surface area contributed by atoms with Crippen LogP contribution >= 0.6 is 31.0 Å². The smallest absolute Gasteiger partial charge is 0.158 e. The molecule has 0 radical (unpaired) electrons. The van der Waals surface area contributed by atoms with Gasteiger partial charge in [-0.25, -0.2) is 0 Å². The number of hydrogen-bond donors (Lipinski definition) is 0. The summed E-state index contributed by atoms with van der Waals surface area (Å²) in [6, 6.07) is 20.0. The van der Waals surface area contributed by atoms with Crippen molar-refractivity contribution in [2.75, 3.05) is 0 Å². The normalized spacial score (nSPS) is 11.4. The fraction of sp³-hybridized carbons (Fsp3) is 0.143. The van der Waals surface area contributed by atoms with Crippen molar-refractivity contribution in [1.82, 2.24) is 0 Å². The van der Waals surface area contributed by atoms with E-state index in [4.69, 9.17) is 0 Å². The van der Waals surface area contributed by atoms with Crippen LogP contribution in [-0.4, -0.2) is 0 Å². The summed E-state index contributed by atoms with van der Waals surface area (Å²) >= 11 is 3.34. The van der Waals surface area contributed by atoms with Gasteiger partial charge < -0.3 is 4.57 Å². The van der Waals surface area contributed by atoms with Gasteiger partial charge in [-0.3, -0.25) is 0 Å². The fourth-order valence-electron chi connectivity index (χ4n) is 1.83. The Labute approximate surface area is 119 Å². The van der Waals surface area contributed by atoms with Crippen molar-refractivity contribution in [1.29, 1.82) is 0 Å². The van der Waals surface area contributed by atoms with Gasteiger partial charge in [0.15, 0.2) is 6.34 Å². The second-order valence-electron chi connectivity index (χ2n) is 4.17. The molecular weight excluding hydrogens is 327 g/mol. The summed E-state index contributed by atoms with van der Waals surface area (Å²) in [4.78, 5) is 0. The van der Waals surface area contributed by atoms with E-state index in [1.807, 2.05) is 60.7 Å². The molecule has 0 saturated carbocycles. The molecule has 2 aromatic rings. The van der Waals surface area contributed by atoms with Crippen LogP contribution in [-0.2, 0) is 16.9 Å². The first-order valence-corrected chi connectivity index (χ1v) is 11.0. The molecule has 0 spiro atoms. The Bertz CT molecular complexity index is 485. The molecule has 0 aliphatic carbocycles. The van der Waals surface area contributed by atoms with Gasteiger partial charge in [0.1, 0.15) is 0 Å². The van der Waals surface area contributed by atoms with E-state index < -0.39 is 6.34 Å². The third kappa shape index (κ3) is 4.01. The Kier molecular flexibility index (Phi) is 5.11. The van der Waals surface area contributed by atoms with Crippen LogP contribution in [0.25, 0.3) is 0 Å². The SMILES string of the molecule is O=P(Cc1ccccc1)(Cc1ccccc1)SBr. The van der Waals surface area contributed by atoms with Crippen LogP contribution in [0, 0.1) is 0 Å². The van der Waals surface area contributed by atoms with Gasteiger partial charge in [0.05, 0.1) is 0 Å². The Morgan fingerprint density at radius 3 is 1.56 bits per heavy atom. The van der Waals surface area contributed by atoms with Crippen LogP contribution in [0.4, 0.5) is 0 Å². The van der Waals surface area contributed by atoms with E-state index in [0.717, 1.165) is 11.1 Å². The Morgan fingerprint density at radius 2 is 1.22 bits per heavy atom. The molecular formula is C14H14BrOPS. The molecule has 0 bridgehead atoms. The Balaban J connectivity index is 2.14. The largest absolute Gasteiger partial charge is 0.311 e. The average Bonchev–Trinajstić information content (AvgIpc) is 2.41. The van der Waals surface area contributed by atoms with Gasteiger partial charge in [0, 0.05) is 12.3 Å². The lowest BCUT2D eigenvalue weighted by molar-refractivity contribution is 0.584. The summed E-state index contributed by atoms with van der Waals surface area (Å²) in [5.74, 6) is 0. The number of hydrogen-bond acceptors (Lipinski definition) is 2. The van der Waals surface area contributed by atoms with Crippen LogP contribution in [0.1, 0.15) is 11.1 Å². The lowest BCUT2D eigenvalue weighted by Crippen LogP contribution is -1.89. The molecule has 0 amide bonds. The van der Waals surface area contributed by atoms with Crippen LogP contribution in [0.3, 0.4) is 0 Å². The summed E-state index contributed by atoms with van der Waals surface area (Å²) in [6.07, 6.45) is -1.06. The van der Waals surface area contributed by atoms with E-state index >= 15 is 0 Å². The molecule has 0 saturated heterocycles. The maximum absolute atomic E-state index is 12.8. The molecule has 4 heteroatoms. The Morgan fingerprint density at radius 1 is 0.833 bits per heavy atom. The highest BCUT2D eigenvalue weighted by molar-refractivity contribution is 9.57. The Hall–Kier alpha value is -0.500. The van der Waals surface area contributed by atoms with E-state index in [9.17, 15) is 4.57 Å². The highest BCUT2D eigenvalue weighted by Crippen LogP contribution is 2.66. The van der Waals surface area contributed by atoms with Gasteiger partial charge in [-0.1, -0.05) is 60.7 Å². The zero-order valence-electron chi connectivity index (χ0n) is 9.83. The molecule has 0 fully saturated rings. The second-order valence-corrected chi connectivity index (χ2v) is 11.6. The topological polar surface area (TPSA) is 17.1 Å². The summed E-state index contributed by atoms with van der Waals surface area (Å²) in [6.45, 7) is 0. The average molecular weight is 341 g/mol. The van der Waals surface area contributed by atoms with Crippen molar-refractivity contribution in [2.24, 2.45) is 0 Å². The lowest BCUT2D eigenvalue weighted by Gasteiger charge is -2.14. The third-order valence-electron chi connectivity index (χ3n) is 2.66. The van der Waals surface area contributed by atoms with Gasteiger partial charge in [0.25, 0.3) is 0 Å². The van der Waals surface area contributed by atoms with Gasteiger partial charge in [-0.15, -0.1) is 0 Å².